The molecule has 0 rings (SSSR count). The molecule has 0 amide bonds. The molecule has 2 nitrogen and oxygen atoms in total. The molecule has 0 aliphatic heterocycles. The van der Waals surface area contributed by atoms with E-state index in [2.05, 4.69) is 0 Å². The van der Waals surface area contributed by atoms with Gasteiger partial charge in [0, 0.05) is 0 Å². The zero-order valence-electron chi connectivity index (χ0n) is 5.35. The lowest BCUT2D eigenvalue weighted by Crippen LogP contribution is -1.98. The summed E-state index contributed by atoms with van der Waals surface area (Å²) < 4.78 is 0. The fraction of sp³-hybridized carbons (Fsp3) is 0.667. The summed E-state index contributed by atoms with van der Waals surface area (Å²) in [6, 6.07) is 0. The van der Waals surface area contributed by atoms with Crippen molar-refractivity contribution in [2.45, 2.75) is 19.8 Å². The number of nitrogens with two attached hydrogens (primary N) is 2. The topological polar surface area (TPSA) is 52.0 Å². The van der Waals surface area contributed by atoms with Crippen LogP contribution in [0.3, 0.4) is 0 Å². The normalized spacial score (nSPS) is 12.0. The Hall–Kier alpha value is -0.500. The summed E-state index contributed by atoms with van der Waals surface area (Å²) in [5.41, 5.74) is 11.7. The fourth-order valence-corrected chi connectivity index (χ4v) is 0.464. The highest BCUT2D eigenvalue weighted by molar-refractivity contribution is 4.93. The standard InChI is InChI=1S/C6H14N2/c1-6(5-8)3-2-4-7/h5H,2-4,7-8H2,1H3/b6-5+. The van der Waals surface area contributed by atoms with E-state index < -0.39 is 0 Å². The van der Waals surface area contributed by atoms with Crippen LogP contribution in [0.4, 0.5) is 0 Å². The van der Waals surface area contributed by atoms with E-state index in [1.54, 1.807) is 6.20 Å². The van der Waals surface area contributed by atoms with Crippen LogP contribution in [0.15, 0.2) is 11.8 Å². The van der Waals surface area contributed by atoms with E-state index in [-0.39, 0.29) is 0 Å². The van der Waals surface area contributed by atoms with E-state index in [0.717, 1.165) is 19.4 Å². The van der Waals surface area contributed by atoms with Crippen molar-refractivity contribution in [2.24, 2.45) is 11.5 Å². The van der Waals surface area contributed by atoms with Crippen LogP contribution in [0.5, 0.6) is 0 Å². The quantitative estimate of drug-likeness (QED) is 0.564. The monoisotopic (exact) mass is 114 g/mol. The van der Waals surface area contributed by atoms with Gasteiger partial charge in [-0.05, 0) is 32.5 Å². The van der Waals surface area contributed by atoms with Crippen molar-refractivity contribution in [1.82, 2.24) is 0 Å². The first kappa shape index (κ1) is 7.50. The summed E-state index contributed by atoms with van der Waals surface area (Å²) in [7, 11) is 0. The molecule has 4 N–H and O–H groups in total. The van der Waals surface area contributed by atoms with Gasteiger partial charge in [0.05, 0.1) is 0 Å². The Labute approximate surface area is 50.6 Å². The number of hydrogen-bond acceptors (Lipinski definition) is 2. The van der Waals surface area contributed by atoms with Gasteiger partial charge in [-0.1, -0.05) is 5.57 Å². The molecular weight excluding hydrogens is 100 g/mol. The second-order valence-electron chi connectivity index (χ2n) is 1.91. The summed E-state index contributed by atoms with van der Waals surface area (Å²) in [5.74, 6) is 0. The maximum absolute atomic E-state index is 5.26. The molecule has 2 heteroatoms. The predicted octanol–water partition coefficient (Wildman–Crippen LogP) is 0.588. The Morgan fingerprint density at radius 2 is 2.25 bits per heavy atom. The molecule has 8 heavy (non-hydrogen) atoms. The van der Waals surface area contributed by atoms with Gasteiger partial charge < -0.3 is 11.5 Å². The van der Waals surface area contributed by atoms with Crippen LogP contribution in [0.2, 0.25) is 0 Å². The summed E-state index contributed by atoms with van der Waals surface area (Å²) in [6.07, 6.45) is 3.71. The van der Waals surface area contributed by atoms with Crippen molar-refractivity contribution < 1.29 is 0 Å². The van der Waals surface area contributed by atoms with Crippen molar-refractivity contribution in [3.63, 3.8) is 0 Å². The molecule has 0 aliphatic carbocycles. The molecule has 48 valence electrons. The van der Waals surface area contributed by atoms with Crippen molar-refractivity contribution >= 4 is 0 Å². The number of hydrogen-bond donors (Lipinski definition) is 2. The fourth-order valence-electron chi connectivity index (χ4n) is 0.464. The maximum Gasteiger partial charge on any atom is -0.00733 e. The molecule has 0 aromatic heterocycles. The number of rotatable bonds is 3. The lowest BCUT2D eigenvalue weighted by molar-refractivity contribution is 0.821. The van der Waals surface area contributed by atoms with Crippen LogP contribution in [-0.2, 0) is 0 Å². The van der Waals surface area contributed by atoms with Crippen LogP contribution in [0.1, 0.15) is 19.8 Å². The molecule has 0 aromatic carbocycles. The molecule has 0 aliphatic rings. The minimum atomic E-state index is 0.755. The van der Waals surface area contributed by atoms with Crippen LogP contribution >= 0.6 is 0 Å². The van der Waals surface area contributed by atoms with Crippen LogP contribution in [-0.4, -0.2) is 6.54 Å². The minimum Gasteiger partial charge on any atom is -0.405 e. The highest BCUT2D eigenvalue weighted by Crippen LogP contribution is 1.98. The van der Waals surface area contributed by atoms with E-state index in [0.29, 0.717) is 0 Å². The van der Waals surface area contributed by atoms with E-state index >= 15 is 0 Å². The van der Waals surface area contributed by atoms with E-state index in [9.17, 15) is 0 Å². The van der Waals surface area contributed by atoms with E-state index in [1.165, 1.54) is 5.57 Å². The first-order valence-electron chi connectivity index (χ1n) is 2.88. The average molecular weight is 114 g/mol. The van der Waals surface area contributed by atoms with E-state index in [4.69, 9.17) is 11.5 Å². The van der Waals surface area contributed by atoms with Crippen molar-refractivity contribution in [3.05, 3.63) is 11.8 Å². The van der Waals surface area contributed by atoms with Gasteiger partial charge >= 0.3 is 0 Å². The molecule has 0 atom stereocenters. The SMILES string of the molecule is C/C(=C\N)CCCN. The summed E-state index contributed by atoms with van der Waals surface area (Å²) in [4.78, 5) is 0. The lowest BCUT2D eigenvalue weighted by atomic mass is 10.2. The first-order chi connectivity index (χ1) is 3.81. The summed E-state index contributed by atoms with van der Waals surface area (Å²) >= 11 is 0. The first-order valence-corrected chi connectivity index (χ1v) is 2.88. The zero-order chi connectivity index (χ0) is 6.41. The Kier molecular flexibility index (Phi) is 4.36. The zero-order valence-corrected chi connectivity index (χ0v) is 5.35. The molecule has 0 heterocycles. The second-order valence-corrected chi connectivity index (χ2v) is 1.91. The Bertz CT molecular complexity index is 76.6. The average Bonchev–Trinajstić information content (AvgIpc) is 1.83. The maximum atomic E-state index is 5.26. The molecule has 0 radical (unpaired) electrons. The molecule has 0 saturated carbocycles. The lowest BCUT2D eigenvalue weighted by Gasteiger charge is -1.94. The Balaban J connectivity index is 3.12. The van der Waals surface area contributed by atoms with E-state index in [1.807, 2.05) is 6.92 Å². The third kappa shape index (κ3) is 3.68. The van der Waals surface area contributed by atoms with Gasteiger partial charge in [0.2, 0.25) is 0 Å². The molecule has 0 aromatic rings. The van der Waals surface area contributed by atoms with Crippen molar-refractivity contribution in [3.8, 4) is 0 Å². The van der Waals surface area contributed by atoms with Gasteiger partial charge in [0.15, 0.2) is 0 Å². The van der Waals surface area contributed by atoms with Crippen LogP contribution in [0.25, 0.3) is 0 Å². The highest BCUT2D eigenvalue weighted by atomic mass is 14.5. The Morgan fingerprint density at radius 1 is 1.62 bits per heavy atom. The summed E-state index contributed by atoms with van der Waals surface area (Å²) in [5, 5.41) is 0. The van der Waals surface area contributed by atoms with Crippen molar-refractivity contribution in [2.75, 3.05) is 6.54 Å². The number of allylic oxidation sites excluding steroid dienone is 1. The molecular formula is C6H14N2. The van der Waals surface area contributed by atoms with Crippen LogP contribution < -0.4 is 11.5 Å². The van der Waals surface area contributed by atoms with Gasteiger partial charge in [0.25, 0.3) is 0 Å². The largest absolute Gasteiger partial charge is 0.405 e. The second kappa shape index (κ2) is 4.65. The molecule has 0 saturated heterocycles. The van der Waals surface area contributed by atoms with Crippen molar-refractivity contribution in [1.29, 1.82) is 0 Å². The smallest absolute Gasteiger partial charge is 0.00733 e. The minimum absolute atomic E-state index is 0.755. The van der Waals surface area contributed by atoms with Crippen LogP contribution in [0, 0.1) is 0 Å². The highest BCUT2D eigenvalue weighted by Gasteiger charge is 1.84. The predicted molar refractivity (Wildman–Crippen MR) is 36.2 cm³/mol. The Morgan fingerprint density at radius 3 is 2.62 bits per heavy atom. The van der Waals surface area contributed by atoms with Gasteiger partial charge in [-0.15, -0.1) is 0 Å². The molecule has 0 bridgehead atoms. The molecule has 0 fully saturated rings. The third-order valence-electron chi connectivity index (χ3n) is 1.06. The van der Waals surface area contributed by atoms with Gasteiger partial charge in [-0.3, -0.25) is 0 Å². The third-order valence-corrected chi connectivity index (χ3v) is 1.06. The molecule has 0 unspecified atom stereocenters. The molecule has 0 spiro atoms. The van der Waals surface area contributed by atoms with Gasteiger partial charge in [-0.2, -0.15) is 0 Å². The van der Waals surface area contributed by atoms with Gasteiger partial charge in [-0.25, -0.2) is 0 Å². The summed E-state index contributed by atoms with van der Waals surface area (Å²) in [6.45, 7) is 2.76. The van der Waals surface area contributed by atoms with Gasteiger partial charge in [0.1, 0.15) is 0 Å².